The van der Waals surface area contributed by atoms with E-state index in [0.29, 0.717) is 22.9 Å². The van der Waals surface area contributed by atoms with E-state index in [2.05, 4.69) is 25.5 Å². The minimum absolute atomic E-state index is 0.566. The molecule has 3 rings (SSSR count). The molecule has 0 unspecified atom stereocenters. The SMILES string of the molecule is N=C/C(=C\Nc1cccc(N)c1)c1ccnc(NCCCN2CCOCC2)n1. The molecule has 1 fully saturated rings. The van der Waals surface area contributed by atoms with Crippen LogP contribution in [-0.4, -0.2) is 60.5 Å². The van der Waals surface area contributed by atoms with E-state index >= 15 is 0 Å². The summed E-state index contributed by atoms with van der Waals surface area (Å²) in [6.07, 6.45) is 5.72. The first-order valence-electron chi connectivity index (χ1n) is 9.45. The fraction of sp³-hybridized carbons (Fsp3) is 0.350. The average molecular weight is 381 g/mol. The summed E-state index contributed by atoms with van der Waals surface area (Å²) in [7, 11) is 0. The van der Waals surface area contributed by atoms with Crippen LogP contribution in [-0.2, 0) is 4.74 Å². The molecule has 1 aromatic carbocycles. The Balaban J connectivity index is 1.54. The Morgan fingerprint density at radius 2 is 2.14 bits per heavy atom. The quantitative estimate of drug-likeness (QED) is 0.299. The van der Waals surface area contributed by atoms with Crippen molar-refractivity contribution in [3.05, 3.63) is 48.4 Å². The Kier molecular flexibility index (Phi) is 7.34. The van der Waals surface area contributed by atoms with Gasteiger partial charge in [0.2, 0.25) is 5.95 Å². The minimum atomic E-state index is 0.566. The average Bonchev–Trinajstić information content (AvgIpc) is 2.73. The molecule has 2 heterocycles. The number of nitrogen functional groups attached to an aromatic ring is 1. The summed E-state index contributed by atoms with van der Waals surface area (Å²) in [6.45, 7) is 5.47. The van der Waals surface area contributed by atoms with E-state index in [1.165, 1.54) is 6.21 Å². The molecule has 0 bridgehead atoms. The number of allylic oxidation sites excluding steroid dienone is 1. The van der Waals surface area contributed by atoms with Crippen LogP contribution >= 0.6 is 0 Å². The van der Waals surface area contributed by atoms with Gasteiger partial charge in [-0.1, -0.05) is 6.07 Å². The predicted octanol–water partition coefficient (Wildman–Crippen LogP) is 2.30. The van der Waals surface area contributed by atoms with Gasteiger partial charge in [0.25, 0.3) is 0 Å². The van der Waals surface area contributed by atoms with Gasteiger partial charge in [-0.25, -0.2) is 9.97 Å². The Bertz CT molecular complexity index is 803. The van der Waals surface area contributed by atoms with Crippen LogP contribution in [0.2, 0.25) is 0 Å². The molecule has 0 radical (unpaired) electrons. The number of hydrogen-bond donors (Lipinski definition) is 4. The summed E-state index contributed by atoms with van der Waals surface area (Å²) < 4.78 is 5.36. The normalized spacial score (nSPS) is 15.2. The van der Waals surface area contributed by atoms with Crippen LogP contribution in [0.5, 0.6) is 0 Å². The maximum atomic E-state index is 7.70. The molecule has 0 amide bonds. The van der Waals surface area contributed by atoms with Gasteiger partial charge in [0.05, 0.1) is 18.9 Å². The number of anilines is 3. The van der Waals surface area contributed by atoms with Crippen molar-refractivity contribution in [2.24, 2.45) is 0 Å². The molecule has 1 aliphatic rings. The largest absolute Gasteiger partial charge is 0.399 e. The van der Waals surface area contributed by atoms with Crippen LogP contribution in [0.25, 0.3) is 5.57 Å². The number of ether oxygens (including phenoxy) is 1. The molecule has 8 heteroatoms. The zero-order valence-corrected chi connectivity index (χ0v) is 15.9. The van der Waals surface area contributed by atoms with E-state index in [4.69, 9.17) is 15.9 Å². The highest BCUT2D eigenvalue weighted by Crippen LogP contribution is 2.15. The van der Waals surface area contributed by atoms with E-state index in [0.717, 1.165) is 51.5 Å². The molecular weight excluding hydrogens is 354 g/mol. The molecule has 1 saturated heterocycles. The predicted molar refractivity (Wildman–Crippen MR) is 114 cm³/mol. The molecule has 8 nitrogen and oxygen atoms in total. The molecular formula is C20H27N7O. The molecule has 0 spiro atoms. The van der Waals surface area contributed by atoms with Gasteiger partial charge in [-0.15, -0.1) is 0 Å². The van der Waals surface area contributed by atoms with Crippen molar-refractivity contribution in [1.82, 2.24) is 14.9 Å². The van der Waals surface area contributed by atoms with Gasteiger partial charge in [-0.05, 0) is 37.2 Å². The smallest absolute Gasteiger partial charge is 0.223 e. The van der Waals surface area contributed by atoms with E-state index in [9.17, 15) is 0 Å². The third kappa shape index (κ3) is 6.04. The maximum absolute atomic E-state index is 7.70. The summed E-state index contributed by atoms with van der Waals surface area (Å²) in [4.78, 5) is 11.2. The highest BCUT2D eigenvalue weighted by molar-refractivity contribution is 6.07. The van der Waals surface area contributed by atoms with Crippen molar-refractivity contribution >= 4 is 29.1 Å². The summed E-state index contributed by atoms with van der Waals surface area (Å²) in [5.41, 5.74) is 8.66. The van der Waals surface area contributed by atoms with Gasteiger partial charge >= 0.3 is 0 Å². The van der Waals surface area contributed by atoms with Crippen molar-refractivity contribution in [1.29, 1.82) is 5.41 Å². The lowest BCUT2D eigenvalue weighted by Gasteiger charge is -2.26. The number of nitrogens with two attached hydrogens (primary N) is 1. The molecule has 28 heavy (non-hydrogen) atoms. The summed E-state index contributed by atoms with van der Waals surface area (Å²) in [5.74, 6) is 0.566. The van der Waals surface area contributed by atoms with E-state index in [1.54, 1.807) is 18.5 Å². The Morgan fingerprint density at radius 3 is 2.93 bits per heavy atom. The van der Waals surface area contributed by atoms with Crippen molar-refractivity contribution < 1.29 is 4.74 Å². The monoisotopic (exact) mass is 381 g/mol. The van der Waals surface area contributed by atoms with E-state index < -0.39 is 0 Å². The zero-order valence-electron chi connectivity index (χ0n) is 15.9. The highest BCUT2D eigenvalue weighted by Gasteiger charge is 2.09. The fourth-order valence-corrected chi connectivity index (χ4v) is 2.91. The van der Waals surface area contributed by atoms with Crippen LogP contribution in [0.1, 0.15) is 12.1 Å². The number of nitrogens with one attached hydrogen (secondary N) is 3. The lowest BCUT2D eigenvalue weighted by Crippen LogP contribution is -2.37. The molecule has 1 aromatic heterocycles. The third-order valence-corrected chi connectivity index (χ3v) is 4.43. The molecule has 5 N–H and O–H groups in total. The van der Waals surface area contributed by atoms with Crippen molar-refractivity contribution in [2.45, 2.75) is 6.42 Å². The molecule has 1 aliphatic heterocycles. The van der Waals surface area contributed by atoms with Gasteiger partial charge in [-0.2, -0.15) is 0 Å². The van der Waals surface area contributed by atoms with Crippen LogP contribution in [0.15, 0.2) is 42.7 Å². The number of hydrogen-bond acceptors (Lipinski definition) is 8. The second-order valence-electron chi connectivity index (χ2n) is 6.51. The van der Waals surface area contributed by atoms with Crippen molar-refractivity contribution in [2.75, 3.05) is 55.8 Å². The van der Waals surface area contributed by atoms with Crippen LogP contribution in [0, 0.1) is 5.41 Å². The number of nitrogens with zero attached hydrogens (tertiary/aromatic N) is 3. The fourth-order valence-electron chi connectivity index (χ4n) is 2.91. The van der Waals surface area contributed by atoms with E-state index in [1.807, 2.05) is 24.3 Å². The third-order valence-electron chi connectivity index (χ3n) is 4.43. The number of benzene rings is 1. The lowest BCUT2D eigenvalue weighted by molar-refractivity contribution is 0.0378. The highest BCUT2D eigenvalue weighted by atomic mass is 16.5. The second kappa shape index (κ2) is 10.4. The van der Waals surface area contributed by atoms with Gasteiger partial charge in [-0.3, -0.25) is 4.90 Å². The van der Waals surface area contributed by atoms with Crippen LogP contribution < -0.4 is 16.4 Å². The first kappa shape index (κ1) is 19.8. The first-order chi connectivity index (χ1) is 13.7. The van der Waals surface area contributed by atoms with Gasteiger partial charge < -0.3 is 26.5 Å². The molecule has 0 saturated carbocycles. The number of morpholine rings is 1. The maximum Gasteiger partial charge on any atom is 0.223 e. The standard InChI is InChI=1S/C20H27N7O/c21-14-16(15-25-18-4-1-3-17(22)13-18)19-5-7-24-20(26-19)23-6-2-8-27-9-11-28-12-10-27/h1,3-5,7,13-15,21,25H,2,6,8-12,22H2,(H,23,24,26)/b16-15+,21-14?. The summed E-state index contributed by atoms with van der Waals surface area (Å²) in [5, 5.41) is 14.1. The Morgan fingerprint density at radius 1 is 1.29 bits per heavy atom. The van der Waals surface area contributed by atoms with Gasteiger partial charge in [0, 0.05) is 55.2 Å². The van der Waals surface area contributed by atoms with Gasteiger partial charge in [0.15, 0.2) is 0 Å². The van der Waals surface area contributed by atoms with Crippen LogP contribution in [0.3, 0.4) is 0 Å². The number of aromatic nitrogens is 2. The molecule has 2 aromatic rings. The number of rotatable bonds is 9. The molecule has 148 valence electrons. The van der Waals surface area contributed by atoms with E-state index in [-0.39, 0.29) is 0 Å². The molecule has 0 atom stereocenters. The summed E-state index contributed by atoms with van der Waals surface area (Å²) in [6, 6.07) is 9.24. The van der Waals surface area contributed by atoms with Crippen molar-refractivity contribution in [3.63, 3.8) is 0 Å². The second-order valence-corrected chi connectivity index (χ2v) is 6.51. The Labute approximate surface area is 165 Å². The van der Waals surface area contributed by atoms with Gasteiger partial charge in [0.1, 0.15) is 0 Å². The minimum Gasteiger partial charge on any atom is -0.399 e. The van der Waals surface area contributed by atoms with Crippen LogP contribution in [0.4, 0.5) is 17.3 Å². The summed E-state index contributed by atoms with van der Waals surface area (Å²) >= 11 is 0. The lowest BCUT2D eigenvalue weighted by atomic mass is 10.2. The molecule has 0 aliphatic carbocycles. The Hall–Kier alpha value is -2.97. The first-order valence-corrected chi connectivity index (χ1v) is 9.45. The topological polar surface area (TPSA) is 112 Å². The van der Waals surface area contributed by atoms with Crippen molar-refractivity contribution in [3.8, 4) is 0 Å². The zero-order chi connectivity index (χ0) is 19.6.